The summed E-state index contributed by atoms with van der Waals surface area (Å²) >= 11 is 5.04. The van der Waals surface area contributed by atoms with Crippen LogP contribution < -0.4 is 5.73 Å². The van der Waals surface area contributed by atoms with Gasteiger partial charge in [-0.3, -0.25) is 0 Å². The van der Waals surface area contributed by atoms with Crippen molar-refractivity contribution in [3.05, 3.63) is 65.5 Å². The third kappa shape index (κ3) is 2.88. The molecule has 1 aliphatic carbocycles. The Kier molecular flexibility index (Phi) is 3.98. The van der Waals surface area contributed by atoms with Crippen LogP contribution in [0.2, 0.25) is 0 Å². The number of halogens is 1. The number of nitrogens with two attached hydrogens (primary N) is 1. The fourth-order valence-corrected chi connectivity index (χ4v) is 5.51. The van der Waals surface area contributed by atoms with Gasteiger partial charge in [0.25, 0.3) is 0 Å². The Labute approximate surface area is 140 Å². The molecule has 0 unspecified atom stereocenters. The predicted octanol–water partition coefficient (Wildman–Crippen LogP) is 2.98. The van der Waals surface area contributed by atoms with Gasteiger partial charge >= 0.3 is 0 Å². The molecule has 2 N–H and O–H groups in total. The summed E-state index contributed by atoms with van der Waals surface area (Å²) in [6.45, 7) is 1.90. The van der Waals surface area contributed by atoms with Crippen LogP contribution in [0, 0.1) is 18.7 Å². The summed E-state index contributed by atoms with van der Waals surface area (Å²) in [4.78, 5) is 0.443. The summed E-state index contributed by atoms with van der Waals surface area (Å²) in [6, 6.07) is 12.5. The smallest absolute Gasteiger partial charge is 0.182 e. The molecule has 0 aliphatic heterocycles. The van der Waals surface area contributed by atoms with E-state index in [1.54, 1.807) is 36.4 Å². The van der Waals surface area contributed by atoms with Crippen molar-refractivity contribution in [2.45, 2.75) is 23.0 Å². The number of benzene rings is 2. The van der Waals surface area contributed by atoms with Crippen LogP contribution >= 0.6 is 12.2 Å². The largest absolute Gasteiger partial charge is 0.393 e. The Hall–Kier alpha value is -1.79. The monoisotopic (exact) mass is 349 g/mol. The molecule has 6 heteroatoms. The maximum absolute atomic E-state index is 13.1. The van der Waals surface area contributed by atoms with E-state index in [0.717, 1.165) is 11.1 Å². The normalized spacial score (nSPS) is 23.5. The lowest BCUT2D eigenvalue weighted by atomic mass is 10.1. The fourth-order valence-electron chi connectivity index (χ4n) is 2.98. The van der Waals surface area contributed by atoms with E-state index < -0.39 is 21.0 Å². The zero-order chi connectivity index (χ0) is 16.8. The Morgan fingerprint density at radius 2 is 1.65 bits per heavy atom. The lowest BCUT2D eigenvalue weighted by molar-refractivity contribution is 0.593. The van der Waals surface area contributed by atoms with Crippen LogP contribution in [-0.2, 0) is 9.84 Å². The highest BCUT2D eigenvalue weighted by Crippen LogP contribution is 2.54. The minimum atomic E-state index is -3.55. The second-order valence-corrected chi connectivity index (χ2v) is 8.41. The molecule has 0 radical (unpaired) electrons. The lowest BCUT2D eigenvalue weighted by Gasteiger charge is -2.05. The molecule has 0 heterocycles. The first-order valence-electron chi connectivity index (χ1n) is 7.18. The highest BCUT2D eigenvalue weighted by Gasteiger charge is 2.60. The molecular formula is C17H16FNO2S2. The molecule has 0 aromatic heterocycles. The SMILES string of the molecule is Cc1ccc(S(=O)(=O)[C@H]2[C@H](C(N)=S)[C@@H]2c2ccc(F)cc2)cc1. The maximum atomic E-state index is 13.1. The first kappa shape index (κ1) is 16.1. The Balaban J connectivity index is 1.98. The van der Waals surface area contributed by atoms with Gasteiger partial charge in [-0.15, -0.1) is 0 Å². The molecule has 2 aromatic carbocycles. The van der Waals surface area contributed by atoms with Crippen molar-refractivity contribution in [3.63, 3.8) is 0 Å². The third-order valence-corrected chi connectivity index (χ3v) is 6.75. The molecule has 3 nitrogen and oxygen atoms in total. The number of rotatable bonds is 4. The van der Waals surface area contributed by atoms with E-state index in [2.05, 4.69) is 0 Å². The summed E-state index contributed by atoms with van der Waals surface area (Å²) in [7, 11) is -3.55. The van der Waals surface area contributed by atoms with Gasteiger partial charge in [0.15, 0.2) is 9.84 Å². The van der Waals surface area contributed by atoms with Crippen molar-refractivity contribution < 1.29 is 12.8 Å². The number of aryl methyl sites for hydroxylation is 1. The summed E-state index contributed by atoms with van der Waals surface area (Å²) < 4.78 is 38.9. The predicted molar refractivity (Wildman–Crippen MR) is 91.6 cm³/mol. The van der Waals surface area contributed by atoms with Gasteiger partial charge in [-0.25, -0.2) is 12.8 Å². The van der Waals surface area contributed by atoms with Crippen molar-refractivity contribution in [3.8, 4) is 0 Å². The number of thiocarbonyl (C=S) groups is 1. The summed E-state index contributed by atoms with van der Waals surface area (Å²) in [5.41, 5.74) is 7.46. The number of sulfone groups is 1. The molecule has 23 heavy (non-hydrogen) atoms. The van der Waals surface area contributed by atoms with Crippen molar-refractivity contribution in [1.29, 1.82) is 0 Å². The van der Waals surface area contributed by atoms with E-state index in [9.17, 15) is 12.8 Å². The number of hydrogen-bond acceptors (Lipinski definition) is 3. The van der Waals surface area contributed by atoms with Crippen molar-refractivity contribution >= 4 is 27.0 Å². The van der Waals surface area contributed by atoms with Gasteiger partial charge in [0.05, 0.1) is 15.1 Å². The lowest BCUT2D eigenvalue weighted by Crippen LogP contribution is -2.17. The molecule has 1 fully saturated rings. The van der Waals surface area contributed by atoms with Gasteiger partial charge in [-0.1, -0.05) is 42.0 Å². The molecule has 1 saturated carbocycles. The highest BCUT2D eigenvalue weighted by molar-refractivity contribution is 7.92. The Bertz CT molecular complexity index is 845. The number of hydrogen-bond donors (Lipinski definition) is 1. The van der Waals surface area contributed by atoms with Gasteiger partial charge < -0.3 is 5.73 Å². The summed E-state index contributed by atoms with van der Waals surface area (Å²) in [6.07, 6.45) is 0. The van der Waals surface area contributed by atoms with Gasteiger partial charge in [0.2, 0.25) is 0 Å². The summed E-state index contributed by atoms with van der Waals surface area (Å²) in [5, 5.41) is -0.687. The quantitative estimate of drug-likeness (QED) is 0.862. The van der Waals surface area contributed by atoms with Gasteiger partial charge in [-0.05, 0) is 36.8 Å². The van der Waals surface area contributed by atoms with E-state index >= 15 is 0 Å². The zero-order valence-electron chi connectivity index (χ0n) is 12.4. The Morgan fingerprint density at radius 3 is 2.17 bits per heavy atom. The molecule has 0 saturated heterocycles. The molecule has 0 spiro atoms. The molecule has 1 aliphatic rings. The first-order valence-corrected chi connectivity index (χ1v) is 9.13. The van der Waals surface area contributed by atoms with Crippen molar-refractivity contribution in [2.24, 2.45) is 11.7 Å². The van der Waals surface area contributed by atoms with Crippen LogP contribution in [0.3, 0.4) is 0 Å². The van der Waals surface area contributed by atoms with Gasteiger partial charge in [0.1, 0.15) is 5.82 Å². The van der Waals surface area contributed by atoms with E-state index in [0.29, 0.717) is 0 Å². The average Bonchev–Trinajstić information content (AvgIpc) is 3.25. The minimum absolute atomic E-state index is 0.181. The fraction of sp³-hybridized carbons (Fsp3) is 0.235. The molecular weight excluding hydrogens is 333 g/mol. The molecule has 3 atom stereocenters. The molecule has 3 rings (SSSR count). The van der Waals surface area contributed by atoms with Crippen LogP contribution in [-0.4, -0.2) is 18.7 Å². The minimum Gasteiger partial charge on any atom is -0.393 e. The van der Waals surface area contributed by atoms with Crippen molar-refractivity contribution in [1.82, 2.24) is 0 Å². The van der Waals surface area contributed by atoms with E-state index in [1.165, 1.54) is 12.1 Å². The Morgan fingerprint density at radius 1 is 1.09 bits per heavy atom. The highest BCUT2D eigenvalue weighted by atomic mass is 32.2. The molecule has 0 bridgehead atoms. The topological polar surface area (TPSA) is 60.2 Å². The van der Waals surface area contributed by atoms with Gasteiger partial charge in [0, 0.05) is 11.8 Å². The van der Waals surface area contributed by atoms with Crippen LogP contribution in [0.4, 0.5) is 4.39 Å². The van der Waals surface area contributed by atoms with E-state index in [4.69, 9.17) is 18.0 Å². The standard InChI is InChI=1S/C17H16FNO2S2/c1-10-2-8-13(9-3-10)23(20,21)16-14(15(16)17(19)22)11-4-6-12(18)7-5-11/h2-9,14-16H,1H3,(H2,19,22)/t14-,15+,16+/m0/s1. The third-order valence-electron chi connectivity index (χ3n) is 4.25. The maximum Gasteiger partial charge on any atom is 0.182 e. The first-order chi connectivity index (χ1) is 10.8. The van der Waals surface area contributed by atoms with E-state index in [1.807, 2.05) is 6.92 Å². The average molecular weight is 349 g/mol. The zero-order valence-corrected chi connectivity index (χ0v) is 14.1. The molecule has 0 amide bonds. The molecule has 2 aromatic rings. The van der Waals surface area contributed by atoms with Crippen molar-refractivity contribution in [2.75, 3.05) is 0 Å². The second-order valence-electron chi connectivity index (χ2n) is 5.83. The summed E-state index contributed by atoms with van der Waals surface area (Å²) in [5.74, 6) is -1.10. The van der Waals surface area contributed by atoms with Crippen LogP contribution in [0.15, 0.2) is 53.4 Å². The second kappa shape index (κ2) is 5.69. The van der Waals surface area contributed by atoms with Gasteiger partial charge in [-0.2, -0.15) is 0 Å². The van der Waals surface area contributed by atoms with Crippen LogP contribution in [0.25, 0.3) is 0 Å². The van der Waals surface area contributed by atoms with E-state index in [-0.39, 0.29) is 21.6 Å². The van der Waals surface area contributed by atoms with Crippen LogP contribution in [0.1, 0.15) is 17.0 Å². The molecule has 120 valence electrons. The van der Waals surface area contributed by atoms with Crippen LogP contribution in [0.5, 0.6) is 0 Å².